The zero-order valence-corrected chi connectivity index (χ0v) is 14.6. The molecule has 0 bridgehead atoms. The van der Waals surface area contributed by atoms with Crippen LogP contribution in [0.1, 0.15) is 36.5 Å². The molecule has 25 heavy (non-hydrogen) atoms. The fourth-order valence-corrected chi connectivity index (χ4v) is 2.81. The maximum atomic E-state index is 12.4. The zero-order chi connectivity index (χ0) is 18.2. The minimum Gasteiger partial charge on any atom is -0.352 e. The summed E-state index contributed by atoms with van der Waals surface area (Å²) in [6.45, 7) is 7.21. The molecule has 0 spiro atoms. The largest absolute Gasteiger partial charge is 0.352 e. The number of amides is 3. The highest BCUT2D eigenvalue weighted by atomic mass is 16.2. The smallest absolute Gasteiger partial charge is 0.251 e. The minimum absolute atomic E-state index is 0.0724. The molecule has 0 aromatic heterocycles. The van der Waals surface area contributed by atoms with Gasteiger partial charge < -0.3 is 15.5 Å². The van der Waals surface area contributed by atoms with Crippen molar-refractivity contribution in [1.29, 1.82) is 0 Å². The van der Waals surface area contributed by atoms with Gasteiger partial charge in [-0.1, -0.05) is 19.6 Å². The number of anilines is 1. The lowest BCUT2D eigenvalue weighted by Gasteiger charge is -2.30. The number of rotatable bonds is 6. The summed E-state index contributed by atoms with van der Waals surface area (Å²) in [5.74, 6) is -0.442. The first-order chi connectivity index (χ1) is 12.0. The van der Waals surface area contributed by atoms with Gasteiger partial charge in [-0.25, -0.2) is 0 Å². The monoisotopic (exact) mass is 343 g/mol. The molecule has 3 amide bonds. The number of likely N-dealkylation sites (tertiary alicyclic amines) is 1. The number of carbonyl (C=O) groups is 3. The van der Waals surface area contributed by atoms with Crippen molar-refractivity contribution in [3.05, 3.63) is 42.5 Å². The van der Waals surface area contributed by atoms with Crippen molar-refractivity contribution < 1.29 is 14.4 Å². The van der Waals surface area contributed by atoms with Crippen molar-refractivity contribution in [3.63, 3.8) is 0 Å². The standard InChI is InChI=1S/C19H25N3O3/c1-3-10-20-18(24)15-6-5-7-16(13-15)21-19(25)14-8-11-22(12-9-14)17(23)4-2/h4-7,13-14H,2-3,8-12H2,1H3,(H,20,24)(H,21,25). The maximum Gasteiger partial charge on any atom is 0.251 e. The van der Waals surface area contributed by atoms with Crippen LogP contribution in [0.25, 0.3) is 0 Å². The predicted octanol–water partition coefficient (Wildman–Crippen LogP) is 2.19. The van der Waals surface area contributed by atoms with Crippen LogP contribution in [0.4, 0.5) is 5.69 Å². The van der Waals surface area contributed by atoms with Gasteiger partial charge in [0.25, 0.3) is 5.91 Å². The number of piperidine rings is 1. The average Bonchev–Trinajstić information content (AvgIpc) is 2.65. The van der Waals surface area contributed by atoms with Crippen molar-refractivity contribution >= 4 is 23.4 Å². The number of hydrogen-bond donors (Lipinski definition) is 2. The van der Waals surface area contributed by atoms with Gasteiger partial charge in [-0.05, 0) is 43.5 Å². The van der Waals surface area contributed by atoms with Crippen LogP contribution in [0, 0.1) is 5.92 Å². The third-order valence-electron chi connectivity index (χ3n) is 4.28. The van der Waals surface area contributed by atoms with E-state index >= 15 is 0 Å². The number of benzene rings is 1. The topological polar surface area (TPSA) is 78.5 Å². The van der Waals surface area contributed by atoms with Crippen molar-refractivity contribution in [2.75, 3.05) is 25.0 Å². The van der Waals surface area contributed by atoms with E-state index < -0.39 is 0 Å². The molecule has 6 heteroatoms. The van der Waals surface area contributed by atoms with Crippen LogP contribution in [-0.2, 0) is 9.59 Å². The van der Waals surface area contributed by atoms with Gasteiger partial charge in [-0.2, -0.15) is 0 Å². The molecule has 2 rings (SSSR count). The molecule has 6 nitrogen and oxygen atoms in total. The van der Waals surface area contributed by atoms with Crippen LogP contribution < -0.4 is 10.6 Å². The predicted molar refractivity (Wildman–Crippen MR) is 97.2 cm³/mol. The van der Waals surface area contributed by atoms with E-state index in [4.69, 9.17) is 0 Å². The molecule has 1 aliphatic heterocycles. The van der Waals surface area contributed by atoms with Crippen LogP contribution in [0.5, 0.6) is 0 Å². The molecule has 1 aliphatic rings. The second-order valence-electron chi connectivity index (χ2n) is 6.13. The summed E-state index contributed by atoms with van der Waals surface area (Å²) in [5, 5.41) is 5.69. The highest BCUT2D eigenvalue weighted by Gasteiger charge is 2.26. The number of carbonyl (C=O) groups excluding carboxylic acids is 3. The van der Waals surface area contributed by atoms with Crippen LogP contribution in [0.3, 0.4) is 0 Å². The van der Waals surface area contributed by atoms with Gasteiger partial charge in [-0.3, -0.25) is 14.4 Å². The van der Waals surface area contributed by atoms with Crippen molar-refractivity contribution in [3.8, 4) is 0 Å². The summed E-state index contributed by atoms with van der Waals surface area (Å²) in [7, 11) is 0. The Morgan fingerprint density at radius 3 is 2.64 bits per heavy atom. The molecule has 1 aromatic rings. The fraction of sp³-hybridized carbons (Fsp3) is 0.421. The van der Waals surface area contributed by atoms with Crippen LogP contribution in [-0.4, -0.2) is 42.3 Å². The van der Waals surface area contributed by atoms with Gasteiger partial charge in [0, 0.05) is 36.8 Å². The molecular weight excluding hydrogens is 318 g/mol. The van der Waals surface area contributed by atoms with E-state index in [1.54, 1.807) is 29.2 Å². The molecule has 134 valence electrons. The Morgan fingerprint density at radius 2 is 2.00 bits per heavy atom. The molecule has 2 N–H and O–H groups in total. The highest BCUT2D eigenvalue weighted by molar-refractivity contribution is 5.97. The molecule has 1 heterocycles. The molecule has 0 aliphatic carbocycles. The normalized spacial score (nSPS) is 14.7. The van der Waals surface area contributed by atoms with Crippen LogP contribution >= 0.6 is 0 Å². The lowest BCUT2D eigenvalue weighted by Crippen LogP contribution is -2.40. The van der Waals surface area contributed by atoms with E-state index in [9.17, 15) is 14.4 Å². The van der Waals surface area contributed by atoms with Gasteiger partial charge in [-0.15, -0.1) is 0 Å². The Labute approximate surface area is 148 Å². The molecule has 0 atom stereocenters. The molecule has 0 saturated carbocycles. The molecule has 0 unspecified atom stereocenters. The first-order valence-electron chi connectivity index (χ1n) is 8.65. The summed E-state index contributed by atoms with van der Waals surface area (Å²) in [5.41, 5.74) is 1.14. The molecule has 1 saturated heterocycles. The third kappa shape index (κ3) is 5.17. The van der Waals surface area contributed by atoms with E-state index in [1.165, 1.54) is 6.08 Å². The van der Waals surface area contributed by atoms with Gasteiger partial charge >= 0.3 is 0 Å². The number of nitrogens with one attached hydrogen (secondary N) is 2. The van der Waals surface area contributed by atoms with Crippen molar-refractivity contribution in [2.24, 2.45) is 5.92 Å². The number of hydrogen-bond acceptors (Lipinski definition) is 3. The van der Waals surface area contributed by atoms with E-state index in [0.29, 0.717) is 43.7 Å². The first-order valence-corrected chi connectivity index (χ1v) is 8.65. The molecule has 0 radical (unpaired) electrons. The van der Waals surface area contributed by atoms with Gasteiger partial charge in [0.15, 0.2) is 0 Å². The summed E-state index contributed by atoms with van der Waals surface area (Å²) >= 11 is 0. The summed E-state index contributed by atoms with van der Waals surface area (Å²) in [6.07, 6.45) is 3.43. The van der Waals surface area contributed by atoms with Crippen molar-refractivity contribution in [1.82, 2.24) is 10.2 Å². The van der Waals surface area contributed by atoms with Gasteiger partial charge in [0.05, 0.1) is 0 Å². The summed E-state index contributed by atoms with van der Waals surface area (Å²) in [4.78, 5) is 37.7. The van der Waals surface area contributed by atoms with Gasteiger partial charge in [0.2, 0.25) is 11.8 Å². The lowest BCUT2D eigenvalue weighted by molar-refractivity contribution is -0.130. The molecule has 1 aromatic carbocycles. The Morgan fingerprint density at radius 1 is 1.28 bits per heavy atom. The summed E-state index contributed by atoms with van der Waals surface area (Å²) in [6, 6.07) is 6.92. The quantitative estimate of drug-likeness (QED) is 0.777. The van der Waals surface area contributed by atoms with E-state index in [0.717, 1.165) is 6.42 Å². The lowest BCUT2D eigenvalue weighted by atomic mass is 9.95. The Balaban J connectivity index is 1.92. The van der Waals surface area contributed by atoms with Crippen LogP contribution in [0.15, 0.2) is 36.9 Å². The highest BCUT2D eigenvalue weighted by Crippen LogP contribution is 2.20. The van der Waals surface area contributed by atoms with Crippen LogP contribution in [0.2, 0.25) is 0 Å². The Bertz CT molecular complexity index is 649. The van der Waals surface area contributed by atoms with E-state index in [-0.39, 0.29) is 23.6 Å². The third-order valence-corrected chi connectivity index (χ3v) is 4.28. The Kier molecular flexibility index (Phi) is 6.74. The number of nitrogens with zero attached hydrogens (tertiary/aromatic N) is 1. The second-order valence-corrected chi connectivity index (χ2v) is 6.13. The van der Waals surface area contributed by atoms with Gasteiger partial charge in [0.1, 0.15) is 0 Å². The fourth-order valence-electron chi connectivity index (χ4n) is 2.81. The van der Waals surface area contributed by atoms with Crippen molar-refractivity contribution in [2.45, 2.75) is 26.2 Å². The van der Waals surface area contributed by atoms with E-state index in [1.807, 2.05) is 6.92 Å². The maximum absolute atomic E-state index is 12.4. The second kappa shape index (κ2) is 9.01. The molecule has 1 fully saturated rings. The first kappa shape index (κ1) is 18.7. The SMILES string of the molecule is C=CC(=O)N1CCC(C(=O)Nc2cccc(C(=O)NCCC)c2)CC1. The zero-order valence-electron chi connectivity index (χ0n) is 14.6. The van der Waals surface area contributed by atoms with E-state index in [2.05, 4.69) is 17.2 Å². The minimum atomic E-state index is -0.144. The average molecular weight is 343 g/mol. The molecular formula is C19H25N3O3. The summed E-state index contributed by atoms with van der Waals surface area (Å²) < 4.78 is 0. The Hall–Kier alpha value is -2.63.